The Morgan fingerprint density at radius 1 is 1.19 bits per heavy atom. The van der Waals surface area contributed by atoms with Crippen molar-refractivity contribution in [1.29, 1.82) is 0 Å². The Balaban J connectivity index is 2.21. The van der Waals surface area contributed by atoms with E-state index in [2.05, 4.69) is 65.4 Å². The standard InChI is InChI=1S/C17H20BrNOS/c1-12(2)19-11-13-9-14(18)7-8-17(13)21-16-6-4-5-15(10-16)20-3/h4-10,12,19H,11H2,1-3H3. The molecule has 4 heteroatoms. The number of rotatable bonds is 6. The van der Waals surface area contributed by atoms with Crippen molar-refractivity contribution in [3.63, 3.8) is 0 Å². The van der Waals surface area contributed by atoms with Gasteiger partial charge in [0.2, 0.25) is 0 Å². The molecule has 1 N–H and O–H groups in total. The molecule has 0 atom stereocenters. The van der Waals surface area contributed by atoms with Crippen molar-refractivity contribution in [3.05, 3.63) is 52.5 Å². The van der Waals surface area contributed by atoms with E-state index in [1.807, 2.05) is 12.1 Å². The molecular formula is C17H20BrNOS. The minimum atomic E-state index is 0.471. The summed E-state index contributed by atoms with van der Waals surface area (Å²) in [5.74, 6) is 0.888. The van der Waals surface area contributed by atoms with Crippen LogP contribution in [0.2, 0.25) is 0 Å². The van der Waals surface area contributed by atoms with Gasteiger partial charge in [-0.1, -0.05) is 47.6 Å². The highest BCUT2D eigenvalue weighted by Crippen LogP contribution is 2.33. The zero-order chi connectivity index (χ0) is 15.2. The van der Waals surface area contributed by atoms with Crippen LogP contribution in [0.4, 0.5) is 0 Å². The quantitative estimate of drug-likeness (QED) is 0.768. The Morgan fingerprint density at radius 2 is 2.00 bits per heavy atom. The van der Waals surface area contributed by atoms with Crippen LogP contribution in [-0.2, 0) is 6.54 Å². The fraction of sp³-hybridized carbons (Fsp3) is 0.294. The molecule has 0 spiro atoms. The summed E-state index contributed by atoms with van der Waals surface area (Å²) in [4.78, 5) is 2.45. The highest BCUT2D eigenvalue weighted by molar-refractivity contribution is 9.10. The first kappa shape index (κ1) is 16.4. The third kappa shape index (κ3) is 5.06. The van der Waals surface area contributed by atoms with Crippen molar-refractivity contribution in [2.45, 2.75) is 36.2 Å². The second-order valence-corrected chi connectivity index (χ2v) is 7.10. The molecule has 2 aromatic carbocycles. The van der Waals surface area contributed by atoms with Gasteiger partial charge in [0, 0.05) is 26.9 Å². The van der Waals surface area contributed by atoms with Crippen LogP contribution in [-0.4, -0.2) is 13.2 Å². The van der Waals surface area contributed by atoms with E-state index >= 15 is 0 Å². The number of hydrogen-bond acceptors (Lipinski definition) is 3. The van der Waals surface area contributed by atoms with Gasteiger partial charge in [0.05, 0.1) is 7.11 Å². The van der Waals surface area contributed by atoms with Crippen molar-refractivity contribution < 1.29 is 4.74 Å². The van der Waals surface area contributed by atoms with E-state index in [4.69, 9.17) is 4.74 Å². The van der Waals surface area contributed by atoms with Gasteiger partial charge in [-0.25, -0.2) is 0 Å². The minimum absolute atomic E-state index is 0.471. The number of ether oxygens (including phenoxy) is 1. The average molecular weight is 366 g/mol. The van der Waals surface area contributed by atoms with Crippen LogP contribution in [0.15, 0.2) is 56.7 Å². The van der Waals surface area contributed by atoms with Gasteiger partial charge in [0.1, 0.15) is 5.75 Å². The Labute approximate surface area is 139 Å². The molecule has 2 aromatic rings. The average Bonchev–Trinajstić information content (AvgIpc) is 2.47. The molecule has 0 aliphatic heterocycles. The third-order valence-electron chi connectivity index (χ3n) is 2.99. The number of halogens is 1. The Bertz CT molecular complexity index is 601. The van der Waals surface area contributed by atoms with Crippen LogP contribution < -0.4 is 10.1 Å². The number of hydrogen-bond donors (Lipinski definition) is 1. The van der Waals surface area contributed by atoms with E-state index in [-0.39, 0.29) is 0 Å². The number of benzene rings is 2. The van der Waals surface area contributed by atoms with Crippen LogP contribution in [0, 0.1) is 0 Å². The van der Waals surface area contributed by atoms with Gasteiger partial charge < -0.3 is 10.1 Å². The van der Waals surface area contributed by atoms with Crippen molar-refractivity contribution in [1.82, 2.24) is 5.32 Å². The molecule has 0 aliphatic carbocycles. The van der Waals surface area contributed by atoms with Crippen molar-refractivity contribution in [2.75, 3.05) is 7.11 Å². The molecule has 0 fully saturated rings. The summed E-state index contributed by atoms with van der Waals surface area (Å²) in [7, 11) is 1.70. The lowest BCUT2D eigenvalue weighted by atomic mass is 10.2. The minimum Gasteiger partial charge on any atom is -0.497 e. The van der Waals surface area contributed by atoms with E-state index < -0.39 is 0 Å². The SMILES string of the molecule is COc1cccc(Sc2ccc(Br)cc2CNC(C)C)c1. The molecule has 0 heterocycles. The lowest BCUT2D eigenvalue weighted by Crippen LogP contribution is -2.22. The van der Waals surface area contributed by atoms with Crippen molar-refractivity contribution >= 4 is 27.7 Å². The summed E-state index contributed by atoms with van der Waals surface area (Å²) in [6.07, 6.45) is 0. The largest absolute Gasteiger partial charge is 0.497 e. The Kier molecular flexibility index (Phi) is 6.15. The summed E-state index contributed by atoms with van der Waals surface area (Å²) in [6.45, 7) is 5.18. The predicted octanol–water partition coefficient (Wildman–Crippen LogP) is 5.11. The van der Waals surface area contributed by atoms with Gasteiger partial charge in [-0.2, -0.15) is 0 Å². The number of nitrogens with one attached hydrogen (secondary N) is 1. The molecule has 0 aliphatic rings. The van der Waals surface area contributed by atoms with E-state index in [9.17, 15) is 0 Å². The topological polar surface area (TPSA) is 21.3 Å². The summed E-state index contributed by atoms with van der Waals surface area (Å²) in [5.41, 5.74) is 1.30. The zero-order valence-electron chi connectivity index (χ0n) is 12.5. The molecule has 0 amide bonds. The molecule has 0 unspecified atom stereocenters. The van der Waals surface area contributed by atoms with Crippen LogP contribution in [0.5, 0.6) is 5.75 Å². The maximum atomic E-state index is 5.29. The molecule has 0 saturated heterocycles. The first-order chi connectivity index (χ1) is 10.1. The summed E-state index contributed by atoms with van der Waals surface area (Å²) < 4.78 is 6.40. The molecule has 2 nitrogen and oxygen atoms in total. The molecule has 2 rings (SSSR count). The lowest BCUT2D eigenvalue weighted by Gasteiger charge is -2.13. The molecule has 21 heavy (non-hydrogen) atoms. The predicted molar refractivity (Wildman–Crippen MR) is 93.2 cm³/mol. The molecule has 0 radical (unpaired) electrons. The second kappa shape index (κ2) is 7.87. The third-order valence-corrected chi connectivity index (χ3v) is 4.59. The van der Waals surface area contributed by atoms with Crippen LogP contribution in [0.25, 0.3) is 0 Å². The first-order valence-corrected chi connectivity index (χ1v) is 8.53. The monoisotopic (exact) mass is 365 g/mol. The Morgan fingerprint density at radius 3 is 2.71 bits per heavy atom. The van der Waals surface area contributed by atoms with Crippen molar-refractivity contribution in [3.8, 4) is 5.75 Å². The first-order valence-electron chi connectivity index (χ1n) is 6.92. The summed E-state index contributed by atoms with van der Waals surface area (Å²) in [5, 5.41) is 3.48. The van der Waals surface area contributed by atoms with Gasteiger partial charge in [-0.15, -0.1) is 0 Å². The van der Waals surface area contributed by atoms with Gasteiger partial charge in [-0.05, 0) is 42.0 Å². The molecule has 0 aromatic heterocycles. The number of methoxy groups -OCH3 is 1. The van der Waals surface area contributed by atoms with Crippen LogP contribution >= 0.6 is 27.7 Å². The fourth-order valence-electron chi connectivity index (χ4n) is 1.89. The van der Waals surface area contributed by atoms with Gasteiger partial charge in [0.25, 0.3) is 0 Å². The normalized spacial score (nSPS) is 10.9. The van der Waals surface area contributed by atoms with Gasteiger partial charge in [-0.3, -0.25) is 0 Å². The zero-order valence-corrected chi connectivity index (χ0v) is 14.9. The van der Waals surface area contributed by atoms with E-state index in [0.29, 0.717) is 6.04 Å². The van der Waals surface area contributed by atoms with Gasteiger partial charge in [0.15, 0.2) is 0 Å². The van der Waals surface area contributed by atoms with E-state index in [1.54, 1.807) is 18.9 Å². The Hall–Kier alpha value is -0.970. The maximum Gasteiger partial charge on any atom is 0.119 e. The highest BCUT2D eigenvalue weighted by atomic mass is 79.9. The molecule has 0 saturated carbocycles. The lowest BCUT2D eigenvalue weighted by molar-refractivity contribution is 0.413. The fourth-order valence-corrected chi connectivity index (χ4v) is 3.27. The highest BCUT2D eigenvalue weighted by Gasteiger charge is 2.07. The summed E-state index contributed by atoms with van der Waals surface area (Å²) >= 11 is 5.32. The summed E-state index contributed by atoms with van der Waals surface area (Å²) in [6, 6.07) is 15.0. The van der Waals surface area contributed by atoms with Crippen LogP contribution in [0.3, 0.4) is 0 Å². The molecule has 0 bridgehead atoms. The van der Waals surface area contributed by atoms with E-state index in [1.165, 1.54) is 15.4 Å². The molecule has 112 valence electrons. The maximum absolute atomic E-state index is 5.29. The van der Waals surface area contributed by atoms with Crippen LogP contribution in [0.1, 0.15) is 19.4 Å². The smallest absolute Gasteiger partial charge is 0.119 e. The van der Waals surface area contributed by atoms with Gasteiger partial charge >= 0.3 is 0 Å². The molecular weight excluding hydrogens is 346 g/mol. The van der Waals surface area contributed by atoms with Crippen molar-refractivity contribution in [2.24, 2.45) is 0 Å². The second-order valence-electron chi connectivity index (χ2n) is 5.07. The van der Waals surface area contributed by atoms with E-state index in [0.717, 1.165) is 16.8 Å².